The molecule has 0 saturated heterocycles. The van der Waals surface area contributed by atoms with Crippen molar-refractivity contribution in [2.45, 2.75) is 38.5 Å². The number of hydrogen-bond acceptors (Lipinski definition) is 3. The molecule has 1 aliphatic rings. The summed E-state index contributed by atoms with van der Waals surface area (Å²) in [6.07, 6.45) is 6.48. The van der Waals surface area contributed by atoms with Crippen molar-refractivity contribution < 1.29 is 4.79 Å². The van der Waals surface area contributed by atoms with Crippen molar-refractivity contribution in [3.8, 4) is 0 Å². The third kappa shape index (κ3) is 4.73. The monoisotopic (exact) mass is 303 g/mol. The number of nitrogens with zero attached hydrogens (tertiary/aromatic N) is 1. The van der Waals surface area contributed by atoms with E-state index in [4.69, 9.17) is 5.73 Å². The predicted octanol–water partition coefficient (Wildman–Crippen LogP) is 2.54. The van der Waals surface area contributed by atoms with Gasteiger partial charge in [0.25, 0.3) is 0 Å². The number of hydrogen-bond donors (Lipinski definition) is 2. The molecule has 0 unspecified atom stereocenters. The number of carbonyl (C=O) groups excluding carboxylic acids is 1. The Morgan fingerprint density at radius 3 is 2.55 bits per heavy atom. The molecule has 0 heterocycles. The second-order valence-electron chi connectivity index (χ2n) is 6.55. The van der Waals surface area contributed by atoms with Gasteiger partial charge in [-0.25, -0.2) is 0 Å². The molecule has 1 saturated carbocycles. The van der Waals surface area contributed by atoms with Crippen LogP contribution in [-0.4, -0.2) is 32.6 Å². The van der Waals surface area contributed by atoms with Crippen molar-refractivity contribution in [3.05, 3.63) is 30.3 Å². The van der Waals surface area contributed by atoms with E-state index in [-0.39, 0.29) is 11.3 Å². The molecule has 0 aliphatic heterocycles. The second-order valence-corrected chi connectivity index (χ2v) is 6.55. The fraction of sp³-hybridized carbons (Fsp3) is 0.611. The van der Waals surface area contributed by atoms with Gasteiger partial charge in [-0.3, -0.25) is 4.79 Å². The fourth-order valence-electron chi connectivity index (χ4n) is 3.33. The van der Waals surface area contributed by atoms with Crippen LogP contribution in [0.4, 0.5) is 5.69 Å². The van der Waals surface area contributed by atoms with Gasteiger partial charge in [0.2, 0.25) is 5.91 Å². The van der Waals surface area contributed by atoms with Crippen molar-refractivity contribution in [1.82, 2.24) is 5.32 Å². The minimum absolute atomic E-state index is 0.0493. The maximum absolute atomic E-state index is 12.2. The molecule has 3 N–H and O–H groups in total. The second kappa shape index (κ2) is 8.18. The Bertz CT molecular complexity index is 455. The van der Waals surface area contributed by atoms with E-state index in [9.17, 15) is 4.79 Å². The zero-order valence-corrected chi connectivity index (χ0v) is 13.7. The van der Waals surface area contributed by atoms with Gasteiger partial charge in [0.05, 0.1) is 0 Å². The zero-order valence-electron chi connectivity index (χ0n) is 13.7. The van der Waals surface area contributed by atoms with Gasteiger partial charge in [-0.2, -0.15) is 0 Å². The Hall–Kier alpha value is -1.55. The van der Waals surface area contributed by atoms with Gasteiger partial charge in [0.1, 0.15) is 0 Å². The van der Waals surface area contributed by atoms with Gasteiger partial charge in [-0.15, -0.1) is 0 Å². The summed E-state index contributed by atoms with van der Waals surface area (Å²) in [5.41, 5.74) is 7.17. The van der Waals surface area contributed by atoms with Crippen molar-refractivity contribution in [3.63, 3.8) is 0 Å². The summed E-state index contributed by atoms with van der Waals surface area (Å²) in [5, 5.41) is 3.05. The lowest BCUT2D eigenvalue weighted by Gasteiger charge is -2.35. The number of rotatable bonds is 7. The molecule has 1 aliphatic carbocycles. The first-order valence-corrected chi connectivity index (χ1v) is 8.38. The minimum atomic E-state index is 0.0493. The number of likely N-dealkylation sites (N-methyl/N-ethyl adjacent to an activating group) is 1. The number of benzene rings is 1. The summed E-state index contributed by atoms with van der Waals surface area (Å²) in [6, 6.07) is 10.2. The molecule has 22 heavy (non-hydrogen) atoms. The Kier molecular flexibility index (Phi) is 6.25. The van der Waals surface area contributed by atoms with Gasteiger partial charge in [-0.05, 0) is 36.9 Å². The standard InChI is InChI=1S/C18H29N3O/c1-21(16-8-4-2-5-9-16)13-12-20-17(22)14-18(15-19)10-6-3-7-11-18/h2,4-5,8-9H,3,6-7,10-15,19H2,1H3,(H,20,22). The highest BCUT2D eigenvalue weighted by Gasteiger charge is 2.32. The van der Waals surface area contributed by atoms with Gasteiger partial charge in [0, 0.05) is 32.2 Å². The van der Waals surface area contributed by atoms with E-state index in [1.54, 1.807) is 0 Å². The number of para-hydroxylation sites is 1. The minimum Gasteiger partial charge on any atom is -0.373 e. The Labute approximate surface area is 134 Å². The largest absolute Gasteiger partial charge is 0.373 e. The topological polar surface area (TPSA) is 58.4 Å². The first-order valence-electron chi connectivity index (χ1n) is 8.38. The average Bonchev–Trinajstić information content (AvgIpc) is 2.56. The van der Waals surface area contributed by atoms with Crippen LogP contribution in [0, 0.1) is 5.41 Å². The van der Waals surface area contributed by atoms with E-state index in [0.717, 1.165) is 19.4 Å². The van der Waals surface area contributed by atoms with E-state index < -0.39 is 0 Å². The molecular weight excluding hydrogens is 274 g/mol. The molecule has 0 radical (unpaired) electrons. The zero-order chi connectivity index (χ0) is 15.8. The molecule has 0 bridgehead atoms. The molecule has 2 rings (SSSR count). The van der Waals surface area contributed by atoms with E-state index in [0.29, 0.717) is 19.5 Å². The molecule has 4 heteroatoms. The molecule has 122 valence electrons. The molecular formula is C18H29N3O. The van der Waals surface area contributed by atoms with Gasteiger partial charge < -0.3 is 16.0 Å². The maximum Gasteiger partial charge on any atom is 0.220 e. The van der Waals surface area contributed by atoms with Crippen LogP contribution in [0.25, 0.3) is 0 Å². The third-order valence-corrected chi connectivity index (χ3v) is 4.85. The van der Waals surface area contributed by atoms with Crippen molar-refractivity contribution in [1.29, 1.82) is 0 Å². The highest BCUT2D eigenvalue weighted by Crippen LogP contribution is 2.38. The van der Waals surface area contributed by atoms with Crippen molar-refractivity contribution in [2.24, 2.45) is 11.1 Å². The van der Waals surface area contributed by atoms with Gasteiger partial charge in [0.15, 0.2) is 0 Å². The van der Waals surface area contributed by atoms with Crippen LogP contribution in [0.15, 0.2) is 30.3 Å². The summed E-state index contributed by atoms with van der Waals surface area (Å²) in [5.74, 6) is 0.147. The summed E-state index contributed by atoms with van der Waals surface area (Å²) in [7, 11) is 2.05. The third-order valence-electron chi connectivity index (χ3n) is 4.85. The van der Waals surface area contributed by atoms with Crippen LogP contribution in [0.5, 0.6) is 0 Å². The normalized spacial score (nSPS) is 17.0. The summed E-state index contributed by atoms with van der Waals surface area (Å²) in [6.45, 7) is 2.11. The Morgan fingerprint density at radius 1 is 1.23 bits per heavy atom. The van der Waals surface area contributed by atoms with E-state index >= 15 is 0 Å². The quantitative estimate of drug-likeness (QED) is 0.814. The predicted molar refractivity (Wildman–Crippen MR) is 91.9 cm³/mol. The molecule has 1 amide bonds. The van der Waals surface area contributed by atoms with Crippen molar-refractivity contribution >= 4 is 11.6 Å². The van der Waals surface area contributed by atoms with Gasteiger partial charge >= 0.3 is 0 Å². The highest BCUT2D eigenvalue weighted by molar-refractivity contribution is 5.76. The smallest absolute Gasteiger partial charge is 0.220 e. The van der Waals surface area contributed by atoms with Crippen LogP contribution in [0.3, 0.4) is 0 Å². The summed E-state index contributed by atoms with van der Waals surface area (Å²) >= 11 is 0. The van der Waals surface area contributed by atoms with Gasteiger partial charge in [-0.1, -0.05) is 37.5 Å². The summed E-state index contributed by atoms with van der Waals surface area (Å²) < 4.78 is 0. The number of nitrogens with two attached hydrogens (primary N) is 1. The number of carbonyl (C=O) groups is 1. The number of anilines is 1. The summed E-state index contributed by atoms with van der Waals surface area (Å²) in [4.78, 5) is 14.4. The average molecular weight is 303 g/mol. The lowest BCUT2D eigenvalue weighted by molar-refractivity contribution is -0.123. The van der Waals surface area contributed by atoms with Crippen LogP contribution in [-0.2, 0) is 4.79 Å². The van der Waals surface area contributed by atoms with Crippen LogP contribution >= 0.6 is 0 Å². The van der Waals surface area contributed by atoms with Crippen LogP contribution in [0.1, 0.15) is 38.5 Å². The molecule has 1 aromatic rings. The molecule has 0 atom stereocenters. The van der Waals surface area contributed by atoms with E-state index in [2.05, 4.69) is 22.3 Å². The molecule has 4 nitrogen and oxygen atoms in total. The first-order chi connectivity index (χ1) is 10.7. The lowest BCUT2D eigenvalue weighted by atomic mass is 9.71. The molecule has 1 aromatic carbocycles. The molecule has 1 fully saturated rings. The van der Waals surface area contributed by atoms with E-state index in [1.165, 1.54) is 24.9 Å². The Morgan fingerprint density at radius 2 is 1.91 bits per heavy atom. The Balaban J connectivity index is 1.73. The lowest BCUT2D eigenvalue weighted by Crippen LogP contribution is -2.40. The first kappa shape index (κ1) is 16.8. The van der Waals surface area contributed by atoms with Crippen molar-refractivity contribution in [2.75, 3.05) is 31.6 Å². The number of amides is 1. The number of nitrogens with one attached hydrogen (secondary N) is 1. The highest BCUT2D eigenvalue weighted by atomic mass is 16.1. The van der Waals surface area contributed by atoms with E-state index in [1.807, 2.05) is 25.2 Å². The SMILES string of the molecule is CN(CCNC(=O)CC1(CN)CCCCC1)c1ccccc1. The van der Waals surface area contributed by atoms with Crippen LogP contribution in [0.2, 0.25) is 0 Å². The fourth-order valence-corrected chi connectivity index (χ4v) is 3.33. The van der Waals surface area contributed by atoms with Crippen LogP contribution < -0.4 is 16.0 Å². The maximum atomic E-state index is 12.2. The molecule has 0 aromatic heterocycles. The molecule has 0 spiro atoms.